The van der Waals surface area contributed by atoms with E-state index in [-0.39, 0.29) is 5.91 Å². The van der Waals surface area contributed by atoms with Gasteiger partial charge in [-0.1, -0.05) is 42.0 Å². The Morgan fingerprint density at radius 1 is 1.17 bits per heavy atom. The van der Waals surface area contributed by atoms with E-state index in [1.54, 1.807) is 11.9 Å². The second kappa shape index (κ2) is 8.85. The minimum atomic E-state index is -0.0713. The summed E-state index contributed by atoms with van der Waals surface area (Å²) in [6.45, 7) is 4.49. The number of aliphatic imine (C=N–C) groups is 1. The molecular weight excluding hydrogens is 414 g/mol. The highest BCUT2D eigenvalue weighted by Crippen LogP contribution is 2.34. The number of thiazole rings is 1. The third-order valence-electron chi connectivity index (χ3n) is 4.48. The van der Waals surface area contributed by atoms with E-state index in [9.17, 15) is 4.79 Å². The van der Waals surface area contributed by atoms with Crippen molar-refractivity contribution in [2.24, 2.45) is 4.99 Å². The van der Waals surface area contributed by atoms with Gasteiger partial charge < -0.3 is 4.74 Å². The van der Waals surface area contributed by atoms with Gasteiger partial charge in [0.05, 0.1) is 10.6 Å². The van der Waals surface area contributed by atoms with E-state index in [2.05, 4.69) is 41.2 Å². The third-order valence-corrected chi connectivity index (χ3v) is 6.40. The lowest BCUT2D eigenvalue weighted by molar-refractivity contribution is -0.121. The molecule has 2 aromatic carbocycles. The first-order valence-electron chi connectivity index (χ1n) is 9.45. The van der Waals surface area contributed by atoms with E-state index in [0.29, 0.717) is 21.8 Å². The van der Waals surface area contributed by atoms with Crippen molar-refractivity contribution in [1.29, 1.82) is 0 Å². The summed E-state index contributed by atoms with van der Waals surface area (Å²) in [5.74, 6) is 0.693. The number of hydrogen-bond acceptors (Lipinski definition) is 6. The van der Waals surface area contributed by atoms with Crippen LogP contribution in [0.5, 0.6) is 5.75 Å². The van der Waals surface area contributed by atoms with Crippen molar-refractivity contribution < 1.29 is 9.53 Å². The number of benzene rings is 2. The van der Waals surface area contributed by atoms with Crippen LogP contribution in [0.2, 0.25) is 0 Å². The summed E-state index contributed by atoms with van der Waals surface area (Å²) in [7, 11) is 1.73. The van der Waals surface area contributed by atoms with E-state index in [4.69, 9.17) is 4.74 Å². The minimum absolute atomic E-state index is 0.0713. The summed E-state index contributed by atoms with van der Waals surface area (Å²) in [5, 5.41) is 3.23. The average Bonchev–Trinajstić information content (AvgIpc) is 3.26. The highest BCUT2D eigenvalue weighted by atomic mass is 32.2. The Hall–Kier alpha value is -2.90. The summed E-state index contributed by atoms with van der Waals surface area (Å²) >= 11 is 2.82. The maximum atomic E-state index is 12.6. The third kappa shape index (κ3) is 4.80. The van der Waals surface area contributed by atoms with Crippen molar-refractivity contribution in [3.05, 3.63) is 81.2 Å². The number of nitrogens with zero attached hydrogens (tertiary/aromatic N) is 3. The maximum absolute atomic E-state index is 12.6. The minimum Gasteiger partial charge on any atom is -0.489 e. The van der Waals surface area contributed by atoms with Crippen LogP contribution in [0.3, 0.4) is 0 Å². The molecule has 5 nitrogen and oxygen atoms in total. The molecule has 3 aromatic rings. The smallest absolute Gasteiger partial charge is 0.266 e. The highest BCUT2D eigenvalue weighted by molar-refractivity contribution is 8.18. The van der Waals surface area contributed by atoms with Crippen LogP contribution in [0.15, 0.2) is 63.8 Å². The predicted molar refractivity (Wildman–Crippen MR) is 124 cm³/mol. The van der Waals surface area contributed by atoms with Crippen LogP contribution in [0.4, 0.5) is 5.13 Å². The van der Waals surface area contributed by atoms with Crippen molar-refractivity contribution in [2.75, 3.05) is 7.05 Å². The Bertz CT molecular complexity index is 1130. The molecular formula is C23H21N3O2S2. The summed E-state index contributed by atoms with van der Waals surface area (Å²) in [5.41, 5.74) is 4.18. The molecule has 0 atom stereocenters. The summed E-state index contributed by atoms with van der Waals surface area (Å²) in [6, 6.07) is 16.0. The van der Waals surface area contributed by atoms with Crippen LogP contribution in [0.25, 0.3) is 6.08 Å². The van der Waals surface area contributed by atoms with Crippen LogP contribution in [-0.4, -0.2) is 28.0 Å². The summed E-state index contributed by atoms with van der Waals surface area (Å²) in [6.07, 6.45) is 1.87. The molecule has 0 aliphatic carbocycles. The van der Waals surface area contributed by atoms with Gasteiger partial charge in [0.2, 0.25) is 5.13 Å². The van der Waals surface area contributed by atoms with Crippen LogP contribution in [0, 0.1) is 13.8 Å². The number of likely N-dealkylation sites (N-methyl/N-ethyl adjacent to an activating group) is 1. The zero-order chi connectivity index (χ0) is 21.1. The molecule has 0 N–H and O–H groups in total. The van der Waals surface area contributed by atoms with Gasteiger partial charge in [-0.25, -0.2) is 4.98 Å². The number of aromatic nitrogens is 1. The van der Waals surface area contributed by atoms with Gasteiger partial charge in [-0.3, -0.25) is 9.69 Å². The van der Waals surface area contributed by atoms with Gasteiger partial charge in [0, 0.05) is 12.4 Å². The van der Waals surface area contributed by atoms with Gasteiger partial charge in [0.15, 0.2) is 5.17 Å². The number of amides is 1. The zero-order valence-corrected chi connectivity index (χ0v) is 18.6. The second-order valence-electron chi connectivity index (χ2n) is 6.99. The van der Waals surface area contributed by atoms with Crippen molar-refractivity contribution in [1.82, 2.24) is 9.88 Å². The fourth-order valence-electron chi connectivity index (χ4n) is 2.82. The first kappa shape index (κ1) is 20.4. The van der Waals surface area contributed by atoms with Gasteiger partial charge in [0.25, 0.3) is 5.91 Å². The zero-order valence-electron chi connectivity index (χ0n) is 17.0. The highest BCUT2D eigenvalue weighted by Gasteiger charge is 2.30. The lowest BCUT2D eigenvalue weighted by atomic mass is 10.1. The second-order valence-corrected chi connectivity index (χ2v) is 8.83. The Balaban J connectivity index is 1.48. The lowest BCUT2D eigenvalue weighted by Crippen LogP contribution is -2.23. The SMILES string of the molecule is Cc1ccc(COc2cccc(/C=C3\S/C(=N/c4nc(C)cs4)N(C)C3=O)c2)cc1. The predicted octanol–water partition coefficient (Wildman–Crippen LogP) is 5.57. The first-order valence-corrected chi connectivity index (χ1v) is 11.1. The Kier molecular flexibility index (Phi) is 6.01. The van der Waals surface area contributed by atoms with Gasteiger partial charge >= 0.3 is 0 Å². The van der Waals surface area contributed by atoms with Crippen molar-refractivity contribution in [2.45, 2.75) is 20.5 Å². The Morgan fingerprint density at radius 2 is 1.97 bits per heavy atom. The molecule has 30 heavy (non-hydrogen) atoms. The van der Waals surface area contributed by atoms with Gasteiger partial charge in [-0.15, -0.1) is 11.3 Å². The average molecular weight is 436 g/mol. The molecule has 152 valence electrons. The monoisotopic (exact) mass is 435 g/mol. The molecule has 1 amide bonds. The van der Waals surface area contributed by atoms with Crippen LogP contribution < -0.4 is 4.74 Å². The number of aryl methyl sites for hydroxylation is 2. The standard InChI is InChI=1S/C23H21N3O2S2/c1-15-7-9-17(10-8-15)13-28-19-6-4-5-18(11-19)12-20-21(27)26(3)23(30-20)25-22-24-16(2)14-29-22/h4-12,14H,13H2,1-3H3/b20-12-,25-23+. The Morgan fingerprint density at radius 3 is 2.70 bits per heavy atom. The number of rotatable bonds is 5. The molecule has 1 saturated heterocycles. The van der Waals surface area contributed by atoms with Gasteiger partial charge in [-0.05, 0) is 54.9 Å². The lowest BCUT2D eigenvalue weighted by Gasteiger charge is -2.07. The molecule has 1 aliphatic heterocycles. The molecule has 1 aliphatic rings. The number of hydrogen-bond donors (Lipinski definition) is 0. The number of thioether (sulfide) groups is 1. The van der Waals surface area contributed by atoms with E-state index < -0.39 is 0 Å². The molecule has 4 rings (SSSR count). The fraction of sp³-hybridized carbons (Fsp3) is 0.174. The first-order chi connectivity index (χ1) is 14.5. The van der Waals surface area contributed by atoms with E-state index in [0.717, 1.165) is 22.6 Å². The quantitative estimate of drug-likeness (QED) is 0.492. The van der Waals surface area contributed by atoms with Crippen LogP contribution in [0.1, 0.15) is 22.4 Å². The fourth-order valence-corrected chi connectivity index (χ4v) is 4.51. The van der Waals surface area contributed by atoms with Crippen LogP contribution >= 0.6 is 23.1 Å². The summed E-state index contributed by atoms with van der Waals surface area (Å²) in [4.78, 5) is 23.7. The number of amidine groups is 1. The van der Waals surface area contributed by atoms with Gasteiger partial charge in [0.1, 0.15) is 12.4 Å². The van der Waals surface area contributed by atoms with Crippen LogP contribution in [-0.2, 0) is 11.4 Å². The maximum Gasteiger partial charge on any atom is 0.266 e. The van der Waals surface area contributed by atoms with Crippen molar-refractivity contribution >= 4 is 45.4 Å². The van der Waals surface area contributed by atoms with E-state index in [1.165, 1.54) is 28.7 Å². The molecule has 0 unspecified atom stereocenters. The van der Waals surface area contributed by atoms with E-state index in [1.807, 2.05) is 42.6 Å². The van der Waals surface area contributed by atoms with Gasteiger partial charge in [-0.2, -0.15) is 4.99 Å². The number of carbonyl (C=O) groups is 1. The molecule has 0 bridgehead atoms. The molecule has 2 heterocycles. The molecule has 1 aromatic heterocycles. The normalized spacial score (nSPS) is 16.6. The molecule has 0 saturated carbocycles. The molecule has 1 fully saturated rings. The van der Waals surface area contributed by atoms with Crippen molar-refractivity contribution in [3.63, 3.8) is 0 Å². The summed E-state index contributed by atoms with van der Waals surface area (Å²) < 4.78 is 5.93. The molecule has 0 radical (unpaired) electrons. The largest absolute Gasteiger partial charge is 0.489 e. The molecule has 7 heteroatoms. The number of carbonyl (C=O) groups excluding carboxylic acids is 1. The van der Waals surface area contributed by atoms with E-state index >= 15 is 0 Å². The number of ether oxygens (including phenoxy) is 1. The Labute approximate surface area is 184 Å². The molecule has 0 spiro atoms. The van der Waals surface area contributed by atoms with Crippen molar-refractivity contribution in [3.8, 4) is 5.75 Å². The topological polar surface area (TPSA) is 54.8 Å².